The van der Waals surface area contributed by atoms with Crippen molar-refractivity contribution in [3.05, 3.63) is 35.5 Å². The predicted octanol–water partition coefficient (Wildman–Crippen LogP) is 3.61. The first-order valence-corrected chi connectivity index (χ1v) is 7.80. The molecule has 2 atom stereocenters. The van der Waals surface area contributed by atoms with Crippen molar-refractivity contribution in [1.29, 1.82) is 0 Å². The normalized spacial score (nSPS) is 28.8. The molecule has 0 bridgehead atoms. The fourth-order valence-corrected chi connectivity index (χ4v) is 3.18. The van der Waals surface area contributed by atoms with E-state index in [0.717, 1.165) is 12.8 Å². The van der Waals surface area contributed by atoms with E-state index in [0.29, 0.717) is 12.2 Å². The number of aromatic nitrogens is 1. The molecule has 2 fully saturated rings. The molecule has 21 heavy (non-hydrogen) atoms. The molecule has 112 valence electrons. The monoisotopic (exact) mass is 285 g/mol. The second-order valence-electron chi connectivity index (χ2n) is 7.52. The van der Waals surface area contributed by atoms with Crippen molar-refractivity contribution in [2.24, 2.45) is 0 Å². The summed E-state index contributed by atoms with van der Waals surface area (Å²) in [5, 5.41) is 1.33. The van der Waals surface area contributed by atoms with E-state index in [2.05, 4.69) is 57.1 Å². The van der Waals surface area contributed by atoms with Gasteiger partial charge in [-0.05, 0) is 51.0 Å². The van der Waals surface area contributed by atoms with Crippen LogP contribution in [-0.4, -0.2) is 28.4 Å². The minimum atomic E-state index is 0.0487. The highest BCUT2D eigenvalue weighted by molar-refractivity contribution is 5.84. The lowest BCUT2D eigenvalue weighted by molar-refractivity contribution is 0.323. The number of aromatic amines is 1. The molecule has 0 spiro atoms. The molecule has 2 unspecified atom stereocenters. The van der Waals surface area contributed by atoms with Gasteiger partial charge in [-0.1, -0.05) is 6.07 Å². The van der Waals surface area contributed by atoms with Crippen LogP contribution < -0.4 is 0 Å². The van der Waals surface area contributed by atoms with Gasteiger partial charge in [-0.2, -0.15) is 0 Å². The van der Waals surface area contributed by atoms with Gasteiger partial charge in [0.1, 0.15) is 0 Å². The molecule has 4 rings (SSSR count). The van der Waals surface area contributed by atoms with Crippen LogP contribution in [0.15, 0.2) is 24.4 Å². The quantitative estimate of drug-likeness (QED) is 0.872. The average molecular weight is 285 g/mol. The van der Waals surface area contributed by atoms with Crippen molar-refractivity contribution in [3.8, 4) is 0 Å². The molecule has 1 aromatic heterocycles. The van der Waals surface area contributed by atoms with E-state index in [1.165, 1.54) is 22.0 Å². The summed E-state index contributed by atoms with van der Waals surface area (Å²) in [7, 11) is 0. The Hall–Kier alpha value is -1.32. The molecule has 2 aliphatic rings. The summed E-state index contributed by atoms with van der Waals surface area (Å²) in [5.74, 6) is 0. The Balaban J connectivity index is 1.57. The predicted molar refractivity (Wildman–Crippen MR) is 83.6 cm³/mol. The largest absolute Gasteiger partial charge is 0.366 e. The number of rotatable bonds is 4. The van der Waals surface area contributed by atoms with Crippen molar-refractivity contribution in [1.82, 2.24) is 4.98 Å². The van der Waals surface area contributed by atoms with E-state index >= 15 is 0 Å². The van der Waals surface area contributed by atoms with Crippen LogP contribution in [0.2, 0.25) is 0 Å². The molecule has 1 aromatic carbocycles. The van der Waals surface area contributed by atoms with Crippen LogP contribution in [0, 0.1) is 0 Å². The van der Waals surface area contributed by atoms with Crippen molar-refractivity contribution in [2.45, 2.75) is 63.9 Å². The molecule has 3 heterocycles. The number of hydrogen-bond acceptors (Lipinski definition) is 2. The number of fused-ring (bicyclic) bond motifs is 1. The standard InChI is InChI=1S/C18H23NO2/c1-17(2)15(20-17)8-11-5-6-14-13(7-11)12(10-19-14)9-16-18(3,4)21-16/h5-7,10,15-16,19H,8-9H2,1-4H3. The Morgan fingerprint density at radius 1 is 1.00 bits per heavy atom. The minimum Gasteiger partial charge on any atom is -0.366 e. The van der Waals surface area contributed by atoms with Gasteiger partial charge in [-0.25, -0.2) is 0 Å². The highest BCUT2D eigenvalue weighted by Gasteiger charge is 2.48. The Kier molecular flexibility index (Phi) is 2.61. The van der Waals surface area contributed by atoms with Crippen LogP contribution in [0.1, 0.15) is 38.8 Å². The second-order valence-corrected chi connectivity index (χ2v) is 7.52. The number of benzene rings is 1. The molecule has 2 saturated heterocycles. The van der Waals surface area contributed by atoms with Crippen molar-refractivity contribution >= 4 is 10.9 Å². The highest BCUT2D eigenvalue weighted by Crippen LogP contribution is 2.40. The van der Waals surface area contributed by atoms with Crippen molar-refractivity contribution in [3.63, 3.8) is 0 Å². The molecule has 0 aliphatic carbocycles. The van der Waals surface area contributed by atoms with E-state index < -0.39 is 0 Å². The fraction of sp³-hybridized carbons (Fsp3) is 0.556. The molecule has 0 radical (unpaired) electrons. The Morgan fingerprint density at radius 2 is 1.62 bits per heavy atom. The molecule has 3 nitrogen and oxygen atoms in total. The molecule has 1 N–H and O–H groups in total. The maximum atomic E-state index is 5.72. The van der Waals surface area contributed by atoms with Crippen LogP contribution in [-0.2, 0) is 22.3 Å². The number of epoxide rings is 2. The van der Waals surface area contributed by atoms with Gasteiger partial charge in [0.05, 0.1) is 23.4 Å². The maximum Gasteiger partial charge on any atom is 0.0908 e. The lowest BCUT2D eigenvalue weighted by Gasteiger charge is -2.02. The van der Waals surface area contributed by atoms with Gasteiger partial charge in [0.2, 0.25) is 0 Å². The SMILES string of the molecule is CC1(C)OC1Cc1ccc2[nH]cc(CC3OC3(C)C)c2c1. The Labute approximate surface area is 125 Å². The summed E-state index contributed by atoms with van der Waals surface area (Å²) in [6, 6.07) is 6.70. The van der Waals surface area contributed by atoms with Gasteiger partial charge < -0.3 is 14.5 Å². The lowest BCUT2D eigenvalue weighted by Crippen LogP contribution is -2.06. The zero-order valence-electron chi connectivity index (χ0n) is 13.2. The first-order valence-electron chi connectivity index (χ1n) is 7.80. The highest BCUT2D eigenvalue weighted by atomic mass is 16.6. The summed E-state index contributed by atoms with van der Waals surface area (Å²) in [4.78, 5) is 3.37. The summed E-state index contributed by atoms with van der Waals surface area (Å²) < 4.78 is 11.4. The molecular weight excluding hydrogens is 262 g/mol. The molecule has 2 aromatic rings. The summed E-state index contributed by atoms with van der Waals surface area (Å²) >= 11 is 0. The average Bonchev–Trinajstić information content (AvgIpc) is 3.11. The first kappa shape index (κ1) is 13.4. The maximum absolute atomic E-state index is 5.72. The Bertz CT molecular complexity index is 698. The number of nitrogens with one attached hydrogen (secondary N) is 1. The van der Waals surface area contributed by atoms with Crippen LogP contribution in [0.4, 0.5) is 0 Å². The van der Waals surface area contributed by atoms with E-state index in [9.17, 15) is 0 Å². The summed E-state index contributed by atoms with van der Waals surface area (Å²) in [6.07, 6.45) is 4.83. The minimum absolute atomic E-state index is 0.0487. The second kappa shape index (κ2) is 4.11. The zero-order chi connectivity index (χ0) is 14.8. The van der Waals surface area contributed by atoms with Gasteiger partial charge in [0.25, 0.3) is 0 Å². The summed E-state index contributed by atoms with van der Waals surface area (Å²) in [5.41, 5.74) is 4.03. The van der Waals surface area contributed by atoms with Crippen LogP contribution in [0.25, 0.3) is 10.9 Å². The third-order valence-corrected chi connectivity index (χ3v) is 4.99. The van der Waals surface area contributed by atoms with Crippen LogP contribution >= 0.6 is 0 Å². The third-order valence-electron chi connectivity index (χ3n) is 4.99. The van der Waals surface area contributed by atoms with E-state index in [4.69, 9.17) is 9.47 Å². The Morgan fingerprint density at radius 3 is 2.24 bits per heavy atom. The topological polar surface area (TPSA) is 40.9 Å². The molecule has 0 saturated carbocycles. The molecular formula is C18H23NO2. The molecule has 2 aliphatic heterocycles. The van der Waals surface area contributed by atoms with Crippen LogP contribution in [0.5, 0.6) is 0 Å². The van der Waals surface area contributed by atoms with Gasteiger partial charge >= 0.3 is 0 Å². The first-order chi connectivity index (χ1) is 9.85. The van der Waals surface area contributed by atoms with Crippen LogP contribution in [0.3, 0.4) is 0 Å². The zero-order valence-corrected chi connectivity index (χ0v) is 13.2. The van der Waals surface area contributed by atoms with E-state index in [1.54, 1.807) is 0 Å². The van der Waals surface area contributed by atoms with E-state index in [1.807, 2.05) is 0 Å². The number of hydrogen-bond donors (Lipinski definition) is 1. The van der Waals surface area contributed by atoms with Crippen molar-refractivity contribution in [2.75, 3.05) is 0 Å². The summed E-state index contributed by atoms with van der Waals surface area (Å²) in [6.45, 7) is 8.63. The van der Waals surface area contributed by atoms with Crippen molar-refractivity contribution < 1.29 is 9.47 Å². The number of H-pyrrole nitrogens is 1. The smallest absolute Gasteiger partial charge is 0.0908 e. The van der Waals surface area contributed by atoms with Gasteiger partial charge in [-0.3, -0.25) is 0 Å². The molecule has 0 amide bonds. The van der Waals surface area contributed by atoms with Gasteiger partial charge in [-0.15, -0.1) is 0 Å². The van der Waals surface area contributed by atoms with Gasteiger partial charge in [0, 0.05) is 29.9 Å². The lowest BCUT2D eigenvalue weighted by atomic mass is 9.98. The third kappa shape index (κ3) is 2.39. The van der Waals surface area contributed by atoms with E-state index in [-0.39, 0.29) is 11.2 Å². The number of ether oxygens (including phenoxy) is 2. The molecule has 3 heteroatoms. The fourth-order valence-electron chi connectivity index (χ4n) is 3.18. The van der Waals surface area contributed by atoms with Gasteiger partial charge in [0.15, 0.2) is 0 Å².